The Bertz CT molecular complexity index is 2990. The zero-order valence-electron chi connectivity index (χ0n) is 64.0. The van der Waals surface area contributed by atoms with Crippen molar-refractivity contribution in [3.05, 3.63) is 70.9 Å². The minimum Gasteiger partial charge on any atom is -0.481 e. The maximum absolute atomic E-state index is 14.7. The van der Waals surface area contributed by atoms with Crippen LogP contribution in [0.15, 0.2) is 69.6 Å². The number of aliphatic hydroxyl groups excluding tert-OH is 1. The Balaban J connectivity index is 1.05. The van der Waals surface area contributed by atoms with Gasteiger partial charge in [0.05, 0.1) is 266 Å². The summed E-state index contributed by atoms with van der Waals surface area (Å²) in [7, 11) is -1.35. The van der Waals surface area contributed by atoms with Gasteiger partial charge in [-0.05, 0) is 62.1 Å². The smallest absolute Gasteiger partial charge is 0.303 e. The largest absolute Gasteiger partial charge is 0.481 e. The molecule has 0 bridgehead atoms. The van der Waals surface area contributed by atoms with Crippen LogP contribution in [0.3, 0.4) is 0 Å². The van der Waals surface area contributed by atoms with Gasteiger partial charge in [-0.15, -0.1) is 4.33 Å². The molecule has 3 aliphatic rings. The lowest BCUT2D eigenvalue weighted by Crippen LogP contribution is -2.46. The number of aliphatic carboxylic acids is 1. The van der Waals surface area contributed by atoms with Crippen molar-refractivity contribution in [3.8, 4) is 0 Å². The molecule has 0 aromatic heterocycles. The van der Waals surface area contributed by atoms with Crippen molar-refractivity contribution in [2.75, 3.05) is 283 Å². The molecule has 0 radical (unpaired) electrons. The summed E-state index contributed by atoms with van der Waals surface area (Å²) in [6.07, 6.45) is 4.02. The molecule has 624 valence electrons. The van der Waals surface area contributed by atoms with E-state index in [1.54, 1.807) is 38.5 Å². The summed E-state index contributed by atoms with van der Waals surface area (Å²) in [5.41, 5.74) is 2.22. The van der Waals surface area contributed by atoms with Crippen LogP contribution < -0.4 is 4.90 Å². The lowest BCUT2D eigenvalue weighted by Gasteiger charge is -2.35. The first-order valence-electron chi connectivity index (χ1n) is 37.0. The Morgan fingerprint density at radius 3 is 1.32 bits per heavy atom. The molecule has 2 aliphatic heterocycles. The quantitative estimate of drug-likeness (QED) is 0.0123. The number of unbranched alkanes of at least 4 members (excludes halogenated alkanes) is 2. The minimum atomic E-state index is -4.61. The molecular formula is C73H119N2O32S2+. The van der Waals surface area contributed by atoms with Crippen LogP contribution in [0.2, 0.25) is 0 Å². The molecule has 3 atom stereocenters. The Kier molecular flexibility index (Phi) is 51.2. The van der Waals surface area contributed by atoms with Crippen LogP contribution in [-0.4, -0.2) is 335 Å². The molecule has 109 heavy (non-hydrogen) atoms. The van der Waals surface area contributed by atoms with Gasteiger partial charge in [-0.3, -0.25) is 14.1 Å². The predicted molar refractivity (Wildman–Crippen MR) is 393 cm³/mol. The zero-order chi connectivity index (χ0) is 78.3. The van der Waals surface area contributed by atoms with E-state index in [9.17, 15) is 32.8 Å². The average Bonchev–Trinajstić information content (AvgIpc) is 1.59. The van der Waals surface area contributed by atoms with Gasteiger partial charge in [-0.25, -0.2) is 24.8 Å². The third kappa shape index (κ3) is 37.7. The first-order valence-corrected chi connectivity index (χ1v) is 39.2. The molecule has 1 saturated carbocycles. The van der Waals surface area contributed by atoms with Gasteiger partial charge in [-0.2, -0.15) is 13.0 Å². The Morgan fingerprint density at radius 1 is 0.523 bits per heavy atom. The fraction of sp³-hybridized carbons (Fsp3) is 0.740. The molecule has 2 heterocycles. The number of methoxy groups -OCH3 is 2. The van der Waals surface area contributed by atoms with E-state index in [-0.39, 0.29) is 68.9 Å². The number of carboxylic acids is 1. The van der Waals surface area contributed by atoms with E-state index in [0.29, 0.717) is 271 Å². The second-order valence-corrected chi connectivity index (χ2v) is 27.4. The van der Waals surface area contributed by atoms with Crippen LogP contribution >= 0.6 is 12.0 Å². The van der Waals surface area contributed by atoms with Crippen molar-refractivity contribution in [2.24, 2.45) is 5.92 Å². The van der Waals surface area contributed by atoms with Gasteiger partial charge >= 0.3 is 5.97 Å². The van der Waals surface area contributed by atoms with Crippen LogP contribution in [0.4, 0.5) is 11.4 Å². The predicted octanol–water partition coefficient (Wildman–Crippen LogP) is 5.38. The topological polar surface area (TPSA) is 377 Å². The second-order valence-electron chi connectivity index (χ2n) is 25.2. The molecule has 2 aromatic rings. The van der Waals surface area contributed by atoms with Crippen LogP contribution in [0.25, 0.3) is 0 Å². The number of ketones is 1. The summed E-state index contributed by atoms with van der Waals surface area (Å²) in [6, 6.07) is 9.80. The number of hydrogen-bond acceptors (Lipinski definition) is 32. The zero-order valence-corrected chi connectivity index (χ0v) is 65.7. The molecule has 0 amide bonds. The lowest BCUT2D eigenvalue weighted by molar-refractivity contribution is -0.438. The lowest BCUT2D eigenvalue weighted by atomic mass is 9.70. The molecule has 34 nitrogen and oxygen atoms in total. The number of aliphatic hydroxyl groups is 1. The summed E-state index contributed by atoms with van der Waals surface area (Å²) in [4.78, 5) is 50.7. The summed E-state index contributed by atoms with van der Waals surface area (Å²) >= 11 is 0.778. The standard InChI is InChI=1S/C73H118N2O32S2/c1-72(2)63-56-60(109(81,82)83)11-13-65(63)75(16-18-103-105-54-52-101-50-48-99-46-44-97-42-40-95-38-36-93-34-32-91-30-28-89-26-24-87-22-20-85-5)67(72)57-61-70(78)62(71(61)79)58-68-73(3,64-55-59(108-107-106-80)10-12-66(64)74(68)15-8-6-7-9-69(76)77)14-17-102-104-53-51-100-49-47-98-45-43-96-41-39-94-37-35-92-33-31-90-29-27-88-25-23-86-21-19-84-4/h10-13,55-58,61,70,78H,6-9,14-54H2,1-5H3,(H2-,76,77,80,81,82,83)/p+1. The highest BCUT2D eigenvalue weighted by Crippen LogP contribution is 2.51. The maximum atomic E-state index is 14.7. The monoisotopic (exact) mass is 1600 g/mol. The van der Waals surface area contributed by atoms with Gasteiger partial charge < -0.3 is 100 Å². The number of nitrogens with zero attached hydrogens (tertiary/aromatic N) is 2. The van der Waals surface area contributed by atoms with E-state index < -0.39 is 38.9 Å². The highest BCUT2D eigenvalue weighted by Gasteiger charge is 2.52. The summed E-state index contributed by atoms with van der Waals surface area (Å²) in [5, 5.41) is 34.6. The van der Waals surface area contributed by atoms with Gasteiger partial charge in [0.15, 0.2) is 11.5 Å². The second kappa shape index (κ2) is 58.6. The van der Waals surface area contributed by atoms with Gasteiger partial charge in [0.1, 0.15) is 26.4 Å². The van der Waals surface area contributed by atoms with Crippen molar-refractivity contribution in [1.82, 2.24) is 0 Å². The molecule has 0 saturated heterocycles. The van der Waals surface area contributed by atoms with Crippen molar-refractivity contribution in [3.63, 3.8) is 0 Å². The molecule has 0 spiro atoms. The van der Waals surface area contributed by atoms with E-state index in [0.717, 1.165) is 23.3 Å². The maximum Gasteiger partial charge on any atom is 0.303 e. The summed E-state index contributed by atoms with van der Waals surface area (Å²) < 4.78 is 140. The number of carboxylic acid groups (broad SMARTS) is 1. The van der Waals surface area contributed by atoms with Crippen molar-refractivity contribution in [2.45, 2.75) is 79.6 Å². The number of benzene rings is 2. The highest BCUT2D eigenvalue weighted by atomic mass is 32.2. The van der Waals surface area contributed by atoms with Crippen molar-refractivity contribution >= 4 is 51.0 Å². The Morgan fingerprint density at radius 2 is 0.927 bits per heavy atom. The number of carbonyl (C=O) groups is 2. The van der Waals surface area contributed by atoms with Gasteiger partial charge in [0.25, 0.3) is 10.1 Å². The van der Waals surface area contributed by atoms with E-state index in [2.05, 4.69) is 9.61 Å². The number of Topliss-reactive ketones (excluding diaryl/α,β-unsaturated/α-hetero) is 1. The fourth-order valence-electron chi connectivity index (χ4n) is 11.5. The summed E-state index contributed by atoms with van der Waals surface area (Å²) in [5.74, 6) is -2.30. The number of fused-ring (bicyclic) bond motifs is 2. The number of ether oxygens (including phenoxy) is 18. The molecule has 1 aliphatic carbocycles. The average molecular weight is 1600 g/mol. The first kappa shape index (κ1) is 95.3. The Hall–Kier alpha value is -4.25. The highest BCUT2D eigenvalue weighted by molar-refractivity contribution is 7.94. The van der Waals surface area contributed by atoms with E-state index >= 15 is 0 Å². The van der Waals surface area contributed by atoms with Crippen molar-refractivity contribution < 1.29 is 157 Å². The van der Waals surface area contributed by atoms with E-state index in [1.165, 1.54) is 12.1 Å². The SMILES string of the molecule is COCCOCCOCCOCCOCCOCCOCCOCCOCCOOCCN1C(=CC2C(=O)C(=CC3=[N+](CCCCCC(=O)O)c4ccc(SOOO)cc4C3(C)CCOOCCOCCOCCOCCOCCOCCOCCOCCOCCOC)C2O)C(C)(C)c2cc(S(=O)(=O)O)ccc21. The van der Waals surface area contributed by atoms with Crippen LogP contribution in [0.5, 0.6) is 0 Å². The van der Waals surface area contributed by atoms with Crippen LogP contribution in [0, 0.1) is 5.92 Å². The normalized spacial score (nSPS) is 17.6. The Labute approximate surface area is 644 Å². The number of hydrogen-bond donors (Lipinski definition) is 4. The van der Waals surface area contributed by atoms with Crippen LogP contribution in [0.1, 0.15) is 64.0 Å². The van der Waals surface area contributed by atoms with Gasteiger partial charge in [0.2, 0.25) is 5.69 Å². The fourth-order valence-corrected chi connectivity index (χ4v) is 12.4. The number of rotatable bonds is 74. The third-order valence-electron chi connectivity index (χ3n) is 17.1. The number of allylic oxidation sites excluding steroid dienone is 2. The molecule has 2 aromatic carbocycles. The molecule has 5 rings (SSSR count). The number of anilines is 1. The van der Waals surface area contributed by atoms with Gasteiger partial charge in [-0.1, -0.05) is 25.0 Å². The molecular weight excluding hydrogens is 1480 g/mol. The first-order chi connectivity index (χ1) is 53.1. The molecule has 3 unspecified atom stereocenters. The third-order valence-corrected chi connectivity index (χ3v) is 18.5. The summed E-state index contributed by atoms with van der Waals surface area (Å²) in [6.45, 7) is 21.2. The van der Waals surface area contributed by atoms with E-state index in [4.69, 9.17) is 114 Å². The van der Waals surface area contributed by atoms with E-state index in [1.807, 2.05) is 37.8 Å². The minimum absolute atomic E-state index is 0.00167. The molecule has 4 N–H and O–H groups in total. The van der Waals surface area contributed by atoms with Gasteiger partial charge in [0, 0.05) is 78.6 Å². The molecule has 36 heteroatoms. The number of carbonyl (C=O) groups excluding carboxylic acids is 1. The van der Waals surface area contributed by atoms with Crippen molar-refractivity contribution in [1.29, 1.82) is 0 Å². The van der Waals surface area contributed by atoms with Crippen LogP contribution in [-0.2, 0) is 145 Å². The molecule has 1 fully saturated rings.